The molecule has 1 heterocycles. The minimum absolute atomic E-state index is 0.153. The highest BCUT2D eigenvalue weighted by molar-refractivity contribution is 6.20. The number of hydrogen-bond donors (Lipinski definition) is 0. The second-order valence-electron chi connectivity index (χ2n) is 4.13. The number of rotatable bonds is 2. The van der Waals surface area contributed by atoms with Crippen molar-refractivity contribution in [2.24, 2.45) is 5.92 Å². The maximum Gasteiger partial charge on any atom is 0.336 e. The maximum atomic E-state index is 11.8. The molecule has 5 heteroatoms. The third-order valence-electron chi connectivity index (χ3n) is 2.85. The van der Waals surface area contributed by atoms with Crippen LogP contribution in [0.5, 0.6) is 0 Å². The topological polar surface area (TPSA) is 63.7 Å². The number of carbonyl (C=O) groups excluding carboxylic acids is 3. The first-order valence-corrected chi connectivity index (χ1v) is 6.38. The molecular formula is C14H15NO4. The molecule has 1 aromatic rings. The summed E-state index contributed by atoms with van der Waals surface area (Å²) in [5, 5.41) is 0.561. The van der Waals surface area contributed by atoms with Gasteiger partial charge in [0.05, 0.1) is 17.0 Å². The number of hydrogen-bond acceptors (Lipinski definition) is 4. The van der Waals surface area contributed by atoms with Crippen molar-refractivity contribution >= 4 is 17.8 Å². The Bertz CT molecular complexity index is 499. The van der Waals surface area contributed by atoms with Gasteiger partial charge in [-0.3, -0.25) is 9.59 Å². The van der Waals surface area contributed by atoms with Crippen LogP contribution in [0, 0.1) is 5.92 Å². The third kappa shape index (κ3) is 2.36. The van der Waals surface area contributed by atoms with Crippen molar-refractivity contribution in [2.45, 2.75) is 26.7 Å². The van der Waals surface area contributed by atoms with Gasteiger partial charge in [-0.1, -0.05) is 31.0 Å². The minimum Gasteiger partial charge on any atom is -0.329 e. The summed E-state index contributed by atoms with van der Waals surface area (Å²) in [4.78, 5) is 39.9. The van der Waals surface area contributed by atoms with Crippen molar-refractivity contribution in [2.75, 3.05) is 0 Å². The van der Waals surface area contributed by atoms with Crippen LogP contribution in [0.1, 0.15) is 47.4 Å². The molecular weight excluding hydrogens is 246 g/mol. The number of hydroxylamine groups is 2. The van der Waals surface area contributed by atoms with Crippen LogP contribution in [0.3, 0.4) is 0 Å². The van der Waals surface area contributed by atoms with E-state index in [4.69, 9.17) is 4.84 Å². The first-order chi connectivity index (χ1) is 9.18. The minimum atomic E-state index is -0.570. The first-order valence-electron chi connectivity index (χ1n) is 6.38. The summed E-state index contributed by atoms with van der Waals surface area (Å²) < 4.78 is 0. The van der Waals surface area contributed by atoms with Crippen molar-refractivity contribution in [3.05, 3.63) is 35.4 Å². The molecule has 1 aromatic carbocycles. The molecule has 0 radical (unpaired) electrons. The zero-order valence-corrected chi connectivity index (χ0v) is 10.9. The Labute approximate surface area is 111 Å². The standard InChI is InChI=1S/C12H9NO4.C2H6/c14-10-8-3-1-2-4-9(8)11(15)13(10)17-12(16)7-5-6-7;1-2/h1-4,7H,5-6H2;1-2H3. The van der Waals surface area contributed by atoms with E-state index in [1.165, 1.54) is 0 Å². The van der Waals surface area contributed by atoms with Gasteiger partial charge >= 0.3 is 5.97 Å². The number of nitrogens with zero attached hydrogens (tertiary/aromatic N) is 1. The molecule has 1 saturated carbocycles. The van der Waals surface area contributed by atoms with Gasteiger partial charge in [-0.15, -0.1) is 0 Å². The summed E-state index contributed by atoms with van der Waals surface area (Å²) in [6.45, 7) is 4.00. The van der Waals surface area contributed by atoms with Crippen LogP contribution in [0.15, 0.2) is 24.3 Å². The third-order valence-corrected chi connectivity index (χ3v) is 2.85. The summed E-state index contributed by atoms with van der Waals surface area (Å²) in [5.74, 6) is -1.79. The molecule has 2 aliphatic rings. The number of imide groups is 1. The molecule has 0 N–H and O–H groups in total. The van der Waals surface area contributed by atoms with E-state index in [9.17, 15) is 14.4 Å². The quantitative estimate of drug-likeness (QED) is 0.765. The summed E-state index contributed by atoms with van der Waals surface area (Å²) in [6.07, 6.45) is 1.53. The molecule has 0 unspecified atom stereocenters. The monoisotopic (exact) mass is 261 g/mol. The Morgan fingerprint density at radius 1 is 1.11 bits per heavy atom. The zero-order chi connectivity index (χ0) is 14.0. The van der Waals surface area contributed by atoms with Crippen molar-refractivity contribution in [1.29, 1.82) is 0 Å². The molecule has 0 saturated heterocycles. The second-order valence-corrected chi connectivity index (χ2v) is 4.13. The second kappa shape index (κ2) is 5.22. The largest absolute Gasteiger partial charge is 0.336 e. The van der Waals surface area contributed by atoms with Gasteiger partial charge in [0.1, 0.15) is 0 Å². The molecule has 100 valence electrons. The average molecular weight is 261 g/mol. The van der Waals surface area contributed by atoms with Crippen LogP contribution in [0.2, 0.25) is 0 Å². The molecule has 19 heavy (non-hydrogen) atoms. The van der Waals surface area contributed by atoms with Crippen LogP contribution >= 0.6 is 0 Å². The van der Waals surface area contributed by atoms with Crippen LogP contribution in [0.25, 0.3) is 0 Å². The van der Waals surface area contributed by atoms with Crippen LogP contribution in [-0.4, -0.2) is 22.8 Å². The van der Waals surface area contributed by atoms with Gasteiger partial charge in [0.15, 0.2) is 0 Å². The van der Waals surface area contributed by atoms with Crippen molar-refractivity contribution < 1.29 is 19.2 Å². The van der Waals surface area contributed by atoms with E-state index < -0.39 is 17.8 Å². The van der Waals surface area contributed by atoms with E-state index in [1.807, 2.05) is 13.8 Å². The molecule has 5 nitrogen and oxygen atoms in total. The van der Waals surface area contributed by atoms with Crippen molar-refractivity contribution in [1.82, 2.24) is 5.06 Å². The van der Waals surface area contributed by atoms with Gasteiger partial charge in [-0.2, -0.15) is 0 Å². The van der Waals surface area contributed by atoms with Gasteiger partial charge in [-0.25, -0.2) is 4.79 Å². The lowest BCUT2D eigenvalue weighted by Crippen LogP contribution is -2.33. The van der Waals surface area contributed by atoms with E-state index in [1.54, 1.807) is 24.3 Å². The highest BCUT2D eigenvalue weighted by atomic mass is 16.7. The Morgan fingerprint density at radius 3 is 2.00 bits per heavy atom. The highest BCUT2D eigenvalue weighted by Gasteiger charge is 2.41. The highest BCUT2D eigenvalue weighted by Crippen LogP contribution is 2.31. The van der Waals surface area contributed by atoms with E-state index in [-0.39, 0.29) is 17.0 Å². The predicted octanol–water partition coefficient (Wildman–Crippen LogP) is 2.18. The molecule has 0 bridgehead atoms. The lowest BCUT2D eigenvalue weighted by Gasteiger charge is -2.11. The van der Waals surface area contributed by atoms with E-state index in [2.05, 4.69) is 0 Å². The van der Waals surface area contributed by atoms with Gasteiger partial charge < -0.3 is 4.84 Å². The SMILES string of the molecule is CC.O=C(ON1C(=O)c2ccccc2C1=O)C1CC1. The fourth-order valence-electron chi connectivity index (χ4n) is 1.73. The molecule has 1 aliphatic carbocycles. The lowest BCUT2D eigenvalue weighted by atomic mass is 10.1. The summed E-state index contributed by atoms with van der Waals surface area (Å²) in [5.41, 5.74) is 0.558. The maximum absolute atomic E-state index is 11.8. The van der Waals surface area contributed by atoms with Crippen LogP contribution in [0.4, 0.5) is 0 Å². The normalized spacial score (nSPS) is 16.6. The average Bonchev–Trinajstić information content (AvgIpc) is 3.27. The predicted molar refractivity (Wildman–Crippen MR) is 67.1 cm³/mol. The molecule has 2 amide bonds. The van der Waals surface area contributed by atoms with Crippen LogP contribution in [-0.2, 0) is 9.63 Å². The Morgan fingerprint density at radius 2 is 1.58 bits per heavy atom. The number of benzene rings is 1. The zero-order valence-electron chi connectivity index (χ0n) is 10.9. The molecule has 0 spiro atoms. The number of amides is 2. The Balaban J connectivity index is 0.000000637. The number of carbonyl (C=O) groups is 3. The summed E-state index contributed by atoms with van der Waals surface area (Å²) in [6, 6.07) is 6.41. The van der Waals surface area contributed by atoms with E-state index >= 15 is 0 Å². The van der Waals surface area contributed by atoms with Gasteiger partial charge in [0.2, 0.25) is 0 Å². The lowest BCUT2D eigenvalue weighted by molar-refractivity contribution is -0.170. The smallest absolute Gasteiger partial charge is 0.329 e. The fraction of sp³-hybridized carbons (Fsp3) is 0.357. The van der Waals surface area contributed by atoms with Gasteiger partial charge in [-0.05, 0) is 25.0 Å². The first kappa shape index (κ1) is 13.3. The molecule has 0 aromatic heterocycles. The fourth-order valence-corrected chi connectivity index (χ4v) is 1.73. The van der Waals surface area contributed by atoms with Gasteiger partial charge in [0.25, 0.3) is 11.8 Å². The molecule has 1 aliphatic heterocycles. The van der Waals surface area contributed by atoms with E-state index in [0.717, 1.165) is 12.8 Å². The van der Waals surface area contributed by atoms with Crippen molar-refractivity contribution in [3.8, 4) is 0 Å². The van der Waals surface area contributed by atoms with E-state index in [0.29, 0.717) is 5.06 Å². The number of fused-ring (bicyclic) bond motifs is 1. The molecule has 0 atom stereocenters. The van der Waals surface area contributed by atoms with Gasteiger partial charge in [0, 0.05) is 0 Å². The Hall–Kier alpha value is -2.17. The van der Waals surface area contributed by atoms with Crippen LogP contribution < -0.4 is 0 Å². The molecule has 1 fully saturated rings. The Kier molecular flexibility index (Phi) is 3.64. The van der Waals surface area contributed by atoms with Crippen molar-refractivity contribution in [3.63, 3.8) is 0 Å². The summed E-state index contributed by atoms with van der Waals surface area (Å²) in [7, 11) is 0. The molecule has 3 rings (SSSR count). The summed E-state index contributed by atoms with van der Waals surface area (Å²) >= 11 is 0.